The Bertz CT molecular complexity index is 1730. The van der Waals surface area contributed by atoms with E-state index in [-0.39, 0.29) is 35.0 Å². The number of nitrogens with two attached hydrogens (primary N) is 1. The second kappa shape index (κ2) is 8.83. The highest BCUT2D eigenvalue weighted by Crippen LogP contribution is 2.44. The minimum atomic E-state index is -0.867. The van der Waals surface area contributed by atoms with Gasteiger partial charge in [-0.1, -0.05) is 18.2 Å². The maximum Gasteiger partial charge on any atom is 0.344 e. The predicted molar refractivity (Wildman–Crippen MR) is 132 cm³/mol. The molecule has 1 atom stereocenters. The highest BCUT2D eigenvalue weighted by atomic mass is 16.6. The SMILES string of the molecule is COc1ccc(C2C(C#N)=C(N)Oc3c2c(=O)oc2ccccc32)cc1Cn1nc(C)c([N+](=O)[O-])c1C. The van der Waals surface area contributed by atoms with Crippen LogP contribution in [0.3, 0.4) is 0 Å². The minimum Gasteiger partial charge on any atom is -0.496 e. The summed E-state index contributed by atoms with van der Waals surface area (Å²) in [5.74, 6) is -0.233. The van der Waals surface area contributed by atoms with Crippen LogP contribution >= 0.6 is 0 Å². The first kappa shape index (κ1) is 23.6. The van der Waals surface area contributed by atoms with Crippen molar-refractivity contribution in [1.29, 1.82) is 5.26 Å². The number of nitriles is 1. The van der Waals surface area contributed by atoms with E-state index in [2.05, 4.69) is 11.2 Å². The third kappa shape index (κ3) is 3.75. The first-order chi connectivity index (χ1) is 17.7. The van der Waals surface area contributed by atoms with Gasteiger partial charge in [-0.15, -0.1) is 0 Å². The van der Waals surface area contributed by atoms with Crippen molar-refractivity contribution < 1.29 is 18.8 Å². The number of nitrogens with zero attached hydrogens (tertiary/aromatic N) is 4. The van der Waals surface area contributed by atoms with E-state index in [9.17, 15) is 20.2 Å². The molecule has 1 unspecified atom stereocenters. The van der Waals surface area contributed by atoms with E-state index in [0.29, 0.717) is 39.2 Å². The highest BCUT2D eigenvalue weighted by Gasteiger charge is 2.36. The molecule has 37 heavy (non-hydrogen) atoms. The first-order valence-corrected chi connectivity index (χ1v) is 11.2. The molecule has 0 radical (unpaired) electrons. The summed E-state index contributed by atoms with van der Waals surface area (Å²) in [6.07, 6.45) is 0. The zero-order chi connectivity index (χ0) is 26.4. The average molecular weight is 499 g/mol. The third-order valence-corrected chi connectivity index (χ3v) is 6.46. The molecule has 186 valence electrons. The Balaban J connectivity index is 1.70. The molecule has 0 fully saturated rings. The van der Waals surface area contributed by atoms with E-state index in [1.807, 2.05) is 0 Å². The Labute approximate surface area is 210 Å². The quantitative estimate of drug-likeness (QED) is 0.245. The topological polar surface area (TPSA) is 159 Å². The summed E-state index contributed by atoms with van der Waals surface area (Å²) in [6, 6.07) is 14.2. The van der Waals surface area contributed by atoms with Gasteiger partial charge in [0, 0.05) is 5.56 Å². The number of rotatable bonds is 5. The van der Waals surface area contributed by atoms with Crippen LogP contribution in [0, 0.1) is 35.3 Å². The number of hydrogen-bond acceptors (Lipinski definition) is 9. The molecule has 11 heteroatoms. The zero-order valence-electron chi connectivity index (χ0n) is 20.1. The van der Waals surface area contributed by atoms with E-state index < -0.39 is 16.5 Å². The number of para-hydroxylation sites is 1. The Kier molecular flexibility index (Phi) is 5.64. The molecule has 5 rings (SSSR count). The van der Waals surface area contributed by atoms with Crippen molar-refractivity contribution in [2.24, 2.45) is 5.73 Å². The van der Waals surface area contributed by atoms with Crippen molar-refractivity contribution in [2.75, 3.05) is 7.11 Å². The monoisotopic (exact) mass is 499 g/mol. The van der Waals surface area contributed by atoms with Gasteiger partial charge in [0.2, 0.25) is 5.88 Å². The largest absolute Gasteiger partial charge is 0.496 e. The lowest BCUT2D eigenvalue weighted by atomic mass is 9.83. The first-order valence-electron chi connectivity index (χ1n) is 11.2. The predicted octanol–water partition coefficient (Wildman–Crippen LogP) is 3.79. The Morgan fingerprint density at radius 3 is 2.70 bits per heavy atom. The number of methoxy groups -OCH3 is 1. The van der Waals surface area contributed by atoms with Crippen LogP contribution in [0.1, 0.15) is 34.0 Å². The van der Waals surface area contributed by atoms with Crippen molar-refractivity contribution in [2.45, 2.75) is 26.3 Å². The van der Waals surface area contributed by atoms with Gasteiger partial charge in [-0.25, -0.2) is 4.79 Å². The lowest BCUT2D eigenvalue weighted by molar-refractivity contribution is -0.386. The van der Waals surface area contributed by atoms with Crippen molar-refractivity contribution in [3.63, 3.8) is 0 Å². The van der Waals surface area contributed by atoms with Gasteiger partial charge < -0.3 is 19.6 Å². The van der Waals surface area contributed by atoms with Gasteiger partial charge in [-0.05, 0) is 43.7 Å². The highest BCUT2D eigenvalue weighted by molar-refractivity contribution is 5.86. The fourth-order valence-corrected chi connectivity index (χ4v) is 4.77. The van der Waals surface area contributed by atoms with Crippen molar-refractivity contribution in [3.05, 3.63) is 103 Å². The molecule has 2 aromatic carbocycles. The lowest BCUT2D eigenvalue weighted by Crippen LogP contribution is -2.26. The normalized spacial score (nSPS) is 14.7. The average Bonchev–Trinajstić information content (AvgIpc) is 3.15. The molecule has 0 saturated carbocycles. The second-order valence-electron chi connectivity index (χ2n) is 8.56. The molecule has 0 spiro atoms. The molecule has 2 aromatic heterocycles. The molecule has 11 nitrogen and oxygen atoms in total. The molecule has 0 aliphatic carbocycles. The number of ether oxygens (including phenoxy) is 2. The smallest absolute Gasteiger partial charge is 0.344 e. The fraction of sp³-hybridized carbons (Fsp3) is 0.192. The molecular weight excluding hydrogens is 478 g/mol. The standard InChI is InChI=1S/C26H21N5O6/c1-13-23(31(33)34)14(2)30(29-13)12-16-10-15(8-9-19(16)35-3)21-18(11-27)25(28)37-24-17-6-4-5-7-20(17)36-26(32)22(21)24/h4-10,21H,12,28H2,1-3H3. The molecule has 0 amide bonds. The van der Waals surface area contributed by atoms with Gasteiger partial charge in [-0.3, -0.25) is 14.8 Å². The summed E-state index contributed by atoms with van der Waals surface area (Å²) in [5, 5.41) is 26.3. The van der Waals surface area contributed by atoms with E-state index in [1.165, 1.54) is 11.8 Å². The molecule has 1 aliphatic heterocycles. The van der Waals surface area contributed by atoms with Gasteiger partial charge in [0.15, 0.2) is 5.75 Å². The summed E-state index contributed by atoms with van der Waals surface area (Å²) >= 11 is 0. The Hall–Kier alpha value is -5.11. The summed E-state index contributed by atoms with van der Waals surface area (Å²) in [7, 11) is 1.51. The second-order valence-corrected chi connectivity index (χ2v) is 8.56. The van der Waals surface area contributed by atoms with Gasteiger partial charge in [-0.2, -0.15) is 10.4 Å². The van der Waals surface area contributed by atoms with Crippen LogP contribution < -0.4 is 20.8 Å². The maximum absolute atomic E-state index is 13.2. The van der Waals surface area contributed by atoms with E-state index in [0.717, 1.165) is 0 Å². The van der Waals surface area contributed by atoms with Crippen LogP contribution in [0.2, 0.25) is 0 Å². The number of nitro groups is 1. The molecule has 1 aliphatic rings. The van der Waals surface area contributed by atoms with Gasteiger partial charge >= 0.3 is 11.3 Å². The van der Waals surface area contributed by atoms with Crippen molar-refractivity contribution >= 4 is 16.7 Å². The van der Waals surface area contributed by atoms with Crippen LogP contribution in [0.5, 0.6) is 11.5 Å². The fourth-order valence-electron chi connectivity index (χ4n) is 4.77. The molecule has 0 bridgehead atoms. The van der Waals surface area contributed by atoms with Crippen LogP contribution in [0.25, 0.3) is 11.0 Å². The van der Waals surface area contributed by atoms with Crippen LogP contribution in [0.4, 0.5) is 5.69 Å². The molecule has 3 heterocycles. The summed E-state index contributed by atoms with van der Waals surface area (Å²) < 4.78 is 18.4. The Morgan fingerprint density at radius 2 is 2.03 bits per heavy atom. The van der Waals surface area contributed by atoms with E-state index in [4.69, 9.17) is 19.6 Å². The summed E-state index contributed by atoms with van der Waals surface area (Å²) in [6.45, 7) is 3.35. The van der Waals surface area contributed by atoms with Crippen molar-refractivity contribution in [1.82, 2.24) is 9.78 Å². The molecule has 2 N–H and O–H groups in total. The molecular formula is C26H21N5O6. The minimum absolute atomic E-state index is 0.0551. The van der Waals surface area contributed by atoms with Gasteiger partial charge in [0.1, 0.15) is 34.4 Å². The number of aryl methyl sites for hydroxylation is 1. The number of benzene rings is 2. The maximum atomic E-state index is 13.2. The van der Waals surface area contributed by atoms with Crippen LogP contribution in [0.15, 0.2) is 63.1 Å². The third-order valence-electron chi connectivity index (χ3n) is 6.46. The number of allylic oxidation sites excluding steroid dienone is 1. The van der Waals surface area contributed by atoms with E-state index in [1.54, 1.807) is 56.3 Å². The summed E-state index contributed by atoms with van der Waals surface area (Å²) in [5.41, 5.74) is 7.89. The Morgan fingerprint density at radius 1 is 1.27 bits per heavy atom. The van der Waals surface area contributed by atoms with Crippen LogP contribution in [-0.2, 0) is 6.54 Å². The van der Waals surface area contributed by atoms with Gasteiger partial charge in [0.05, 0.1) is 35.4 Å². The number of fused-ring (bicyclic) bond motifs is 3. The van der Waals surface area contributed by atoms with Crippen LogP contribution in [-0.4, -0.2) is 21.8 Å². The molecule has 0 saturated heterocycles. The zero-order valence-corrected chi connectivity index (χ0v) is 20.1. The number of hydrogen-bond donors (Lipinski definition) is 1. The molecule has 4 aromatic rings. The van der Waals surface area contributed by atoms with Gasteiger partial charge in [0.25, 0.3) is 0 Å². The van der Waals surface area contributed by atoms with Crippen molar-refractivity contribution in [3.8, 4) is 17.6 Å². The lowest BCUT2D eigenvalue weighted by Gasteiger charge is -2.26. The number of aromatic nitrogens is 2. The summed E-state index contributed by atoms with van der Waals surface area (Å²) in [4.78, 5) is 24.2. The van der Waals surface area contributed by atoms with E-state index >= 15 is 0 Å².